The summed E-state index contributed by atoms with van der Waals surface area (Å²) < 4.78 is 0. The van der Waals surface area contributed by atoms with Gasteiger partial charge in [0.2, 0.25) is 0 Å². The minimum absolute atomic E-state index is 0.0148. The van der Waals surface area contributed by atoms with Crippen molar-refractivity contribution in [3.8, 4) is 17.2 Å². The third kappa shape index (κ3) is 5.47. The van der Waals surface area contributed by atoms with Gasteiger partial charge in [-0.15, -0.1) is 0 Å². The van der Waals surface area contributed by atoms with Crippen LogP contribution >= 0.6 is 0 Å². The molecular formula is C26H39NO3. The first-order valence-electron chi connectivity index (χ1n) is 11.3. The van der Waals surface area contributed by atoms with Crippen molar-refractivity contribution in [2.75, 3.05) is 0 Å². The van der Waals surface area contributed by atoms with Crippen LogP contribution in [0.2, 0.25) is 0 Å². The van der Waals surface area contributed by atoms with Gasteiger partial charge in [-0.1, -0.05) is 57.4 Å². The lowest BCUT2D eigenvalue weighted by Crippen LogP contribution is -2.17. The van der Waals surface area contributed by atoms with Crippen molar-refractivity contribution in [3.05, 3.63) is 34.9 Å². The molecule has 1 aromatic carbocycles. The summed E-state index contributed by atoms with van der Waals surface area (Å²) in [7, 11) is 0. The smallest absolute Gasteiger partial charge is 0.165 e. The number of hydrogen-bond acceptors (Lipinski definition) is 4. The van der Waals surface area contributed by atoms with Gasteiger partial charge in [-0.25, -0.2) is 0 Å². The summed E-state index contributed by atoms with van der Waals surface area (Å²) in [4.78, 5) is 4.58. The number of rotatable bonds is 9. The minimum Gasteiger partial charge on any atom is -0.505 e. The quantitative estimate of drug-likeness (QED) is 0.131. The normalized spacial score (nSPS) is 19.5. The van der Waals surface area contributed by atoms with Crippen LogP contribution in [0.1, 0.15) is 90.2 Å². The van der Waals surface area contributed by atoms with E-state index < -0.39 is 0 Å². The van der Waals surface area contributed by atoms with Crippen LogP contribution in [-0.2, 0) is 6.42 Å². The molecule has 4 nitrogen and oxygen atoms in total. The van der Waals surface area contributed by atoms with E-state index in [1.54, 1.807) is 0 Å². The number of unbranched alkanes of at least 4 members (excludes halogenated alkanes) is 2. The number of phenolic OH excluding ortho intramolecular Hbond substituents is 3. The molecule has 0 saturated carbocycles. The van der Waals surface area contributed by atoms with E-state index in [0.29, 0.717) is 29.2 Å². The Hall–Kier alpha value is -2.23. The first kappa shape index (κ1) is 24.0. The van der Waals surface area contributed by atoms with Crippen LogP contribution in [0.5, 0.6) is 17.2 Å². The lowest BCUT2D eigenvalue weighted by atomic mass is 9.73. The monoisotopic (exact) mass is 413 g/mol. The lowest BCUT2D eigenvalue weighted by Gasteiger charge is -2.32. The Morgan fingerprint density at radius 1 is 1.20 bits per heavy atom. The van der Waals surface area contributed by atoms with Crippen molar-refractivity contribution in [1.29, 1.82) is 0 Å². The first-order valence-corrected chi connectivity index (χ1v) is 11.3. The summed E-state index contributed by atoms with van der Waals surface area (Å²) in [6.45, 7) is 14.5. The van der Waals surface area contributed by atoms with Crippen molar-refractivity contribution in [3.63, 3.8) is 0 Å². The van der Waals surface area contributed by atoms with Crippen LogP contribution < -0.4 is 0 Å². The van der Waals surface area contributed by atoms with Gasteiger partial charge in [0.25, 0.3) is 0 Å². The molecule has 30 heavy (non-hydrogen) atoms. The molecule has 0 bridgehead atoms. The Morgan fingerprint density at radius 2 is 1.90 bits per heavy atom. The van der Waals surface area contributed by atoms with E-state index in [1.807, 2.05) is 13.1 Å². The number of allylic oxidation sites excluding steroid dienone is 3. The molecule has 1 aliphatic carbocycles. The van der Waals surface area contributed by atoms with Crippen molar-refractivity contribution >= 4 is 11.9 Å². The Morgan fingerprint density at radius 3 is 2.50 bits per heavy atom. The molecule has 0 amide bonds. The molecule has 0 fully saturated rings. The van der Waals surface area contributed by atoms with E-state index in [9.17, 15) is 15.3 Å². The molecule has 166 valence electrons. The van der Waals surface area contributed by atoms with E-state index >= 15 is 0 Å². The highest BCUT2D eigenvalue weighted by Gasteiger charge is 2.33. The zero-order chi connectivity index (χ0) is 22.4. The van der Waals surface area contributed by atoms with Gasteiger partial charge in [0.05, 0.1) is 0 Å². The summed E-state index contributed by atoms with van der Waals surface area (Å²) >= 11 is 0. The standard InChI is InChI=1S/C26H39NO3/c1-7-8-9-10-20-23(27-14-13-16(2)3)25(29)22(26(30)24(20)28)21-15-18(6)11-12-19(21)17(4)5/h14-16,19,21,28-30H,4,7-13H2,1-3,5-6H3. The van der Waals surface area contributed by atoms with Gasteiger partial charge < -0.3 is 15.3 Å². The second-order valence-electron chi connectivity index (χ2n) is 9.22. The Balaban J connectivity index is 2.66. The molecule has 2 rings (SSSR count). The Bertz CT molecular complexity index is 820. The predicted octanol–water partition coefficient (Wildman–Crippen LogP) is 7.30. The van der Waals surface area contributed by atoms with E-state index in [1.165, 1.54) is 5.57 Å². The summed E-state index contributed by atoms with van der Waals surface area (Å²) in [6, 6.07) is 0. The average molecular weight is 414 g/mol. The SMILES string of the molecule is C=C(C)C1CCC(C)=CC1c1c(O)c(O)c(CCCCC)c(N=CCC(C)C)c1O. The van der Waals surface area contributed by atoms with E-state index in [-0.39, 0.29) is 29.1 Å². The molecule has 2 unspecified atom stereocenters. The molecule has 4 heteroatoms. The highest BCUT2D eigenvalue weighted by molar-refractivity contribution is 5.77. The van der Waals surface area contributed by atoms with Gasteiger partial charge in [0, 0.05) is 23.3 Å². The number of hydrogen-bond donors (Lipinski definition) is 3. The summed E-state index contributed by atoms with van der Waals surface area (Å²) in [5, 5.41) is 33.2. The predicted molar refractivity (Wildman–Crippen MR) is 126 cm³/mol. The van der Waals surface area contributed by atoms with E-state index in [2.05, 4.69) is 45.3 Å². The number of benzene rings is 1. The molecule has 0 radical (unpaired) electrons. The average Bonchev–Trinajstić information content (AvgIpc) is 2.67. The fourth-order valence-corrected chi connectivity index (χ4v) is 4.27. The largest absolute Gasteiger partial charge is 0.505 e. The minimum atomic E-state index is -0.231. The zero-order valence-electron chi connectivity index (χ0n) is 19.3. The summed E-state index contributed by atoms with van der Waals surface area (Å²) in [6.07, 6.45) is 10.1. The van der Waals surface area contributed by atoms with Gasteiger partial charge in [-0.3, -0.25) is 4.99 Å². The van der Waals surface area contributed by atoms with Crippen molar-refractivity contribution in [2.45, 2.75) is 85.5 Å². The molecule has 2 atom stereocenters. The second-order valence-corrected chi connectivity index (χ2v) is 9.22. The molecule has 0 saturated heterocycles. The van der Waals surface area contributed by atoms with Crippen LogP contribution in [0.3, 0.4) is 0 Å². The summed E-state index contributed by atoms with van der Waals surface area (Å²) in [5.74, 6) is -0.0636. The molecule has 0 heterocycles. The highest BCUT2D eigenvalue weighted by atomic mass is 16.3. The Kier molecular flexibility index (Phi) is 8.57. The fourth-order valence-electron chi connectivity index (χ4n) is 4.27. The molecule has 0 spiro atoms. The summed E-state index contributed by atoms with van der Waals surface area (Å²) in [5.41, 5.74) is 3.53. The van der Waals surface area contributed by atoms with E-state index in [0.717, 1.165) is 44.1 Å². The van der Waals surface area contributed by atoms with Crippen molar-refractivity contribution in [1.82, 2.24) is 0 Å². The zero-order valence-corrected chi connectivity index (χ0v) is 19.3. The highest BCUT2D eigenvalue weighted by Crippen LogP contribution is 2.54. The number of phenols is 3. The third-order valence-electron chi connectivity index (χ3n) is 6.07. The third-order valence-corrected chi connectivity index (χ3v) is 6.07. The maximum Gasteiger partial charge on any atom is 0.165 e. The maximum absolute atomic E-state index is 11.3. The molecule has 1 aromatic rings. The van der Waals surface area contributed by atoms with Crippen molar-refractivity contribution in [2.24, 2.45) is 16.8 Å². The Labute approximate surface area is 182 Å². The van der Waals surface area contributed by atoms with Crippen LogP contribution in [0.15, 0.2) is 28.8 Å². The van der Waals surface area contributed by atoms with Gasteiger partial charge in [0.1, 0.15) is 11.4 Å². The van der Waals surface area contributed by atoms with Crippen molar-refractivity contribution < 1.29 is 15.3 Å². The second kappa shape index (κ2) is 10.7. The topological polar surface area (TPSA) is 73.0 Å². The molecule has 0 aliphatic heterocycles. The van der Waals surface area contributed by atoms with E-state index in [4.69, 9.17) is 0 Å². The van der Waals surface area contributed by atoms with Crippen LogP contribution in [-0.4, -0.2) is 21.5 Å². The van der Waals surface area contributed by atoms with Gasteiger partial charge in [-0.05, 0) is 57.8 Å². The molecular weight excluding hydrogens is 374 g/mol. The maximum atomic E-state index is 11.3. The molecule has 0 aromatic heterocycles. The number of aromatic hydroxyl groups is 3. The van der Waals surface area contributed by atoms with Gasteiger partial charge >= 0.3 is 0 Å². The van der Waals surface area contributed by atoms with Crippen LogP contribution in [0.4, 0.5) is 5.69 Å². The number of nitrogens with zero attached hydrogens (tertiary/aromatic N) is 1. The van der Waals surface area contributed by atoms with Crippen LogP contribution in [0, 0.1) is 11.8 Å². The van der Waals surface area contributed by atoms with Crippen LogP contribution in [0.25, 0.3) is 0 Å². The van der Waals surface area contributed by atoms with Gasteiger partial charge in [0.15, 0.2) is 11.5 Å². The van der Waals surface area contributed by atoms with Gasteiger partial charge in [-0.2, -0.15) is 0 Å². The lowest BCUT2D eigenvalue weighted by molar-refractivity contribution is 0.371. The first-order chi connectivity index (χ1) is 14.2. The molecule has 1 aliphatic rings. The fraction of sp³-hybridized carbons (Fsp3) is 0.577. The molecule has 3 N–H and O–H groups in total. The number of aliphatic imine (C=N–C) groups is 1.